The molecule has 9 nitrogen and oxygen atoms in total. The zero-order chi connectivity index (χ0) is 24.0. The largest absolute Gasteiger partial charge is 0.482 e. The second-order valence-corrected chi connectivity index (χ2v) is 10.1. The summed E-state index contributed by atoms with van der Waals surface area (Å²) in [4.78, 5) is 26.6. The van der Waals surface area contributed by atoms with Crippen LogP contribution in [0.2, 0.25) is 0 Å². The molecule has 1 fully saturated rings. The van der Waals surface area contributed by atoms with E-state index in [1.165, 1.54) is 5.56 Å². The number of hydrogen-bond donors (Lipinski definition) is 4. The summed E-state index contributed by atoms with van der Waals surface area (Å²) in [5.41, 5.74) is 7.21. The molecule has 5 rings (SSSR count). The number of amides is 2. The van der Waals surface area contributed by atoms with Gasteiger partial charge in [-0.1, -0.05) is 25.1 Å². The van der Waals surface area contributed by atoms with Crippen LogP contribution < -0.4 is 25.6 Å². The second-order valence-electron chi connectivity index (χ2n) is 10.1. The van der Waals surface area contributed by atoms with E-state index in [4.69, 9.17) is 9.47 Å². The summed E-state index contributed by atoms with van der Waals surface area (Å²) in [5.74, 6) is 1.29. The van der Waals surface area contributed by atoms with E-state index in [1.54, 1.807) is 7.05 Å². The molecule has 6 atom stereocenters. The number of piperidine rings is 1. The van der Waals surface area contributed by atoms with E-state index in [2.05, 4.69) is 34.2 Å². The summed E-state index contributed by atoms with van der Waals surface area (Å²) in [7, 11) is 3.82. The molecular weight excluding hydrogens is 507 g/mol. The average Bonchev–Trinajstić information content (AvgIpc) is 3.14. The molecule has 4 aliphatic rings. The van der Waals surface area contributed by atoms with E-state index in [1.807, 2.05) is 25.1 Å². The Bertz CT molecular complexity index is 1020. The van der Waals surface area contributed by atoms with Gasteiger partial charge >= 0.3 is 6.09 Å². The normalized spacial score (nSPS) is 29.6. The molecule has 2 unspecified atom stereocenters. The van der Waals surface area contributed by atoms with Crippen LogP contribution in [0.3, 0.4) is 0 Å². The molecule has 1 spiro atoms. The van der Waals surface area contributed by atoms with E-state index >= 15 is 0 Å². The number of aliphatic hydroxyl groups excluding tert-OH is 1. The van der Waals surface area contributed by atoms with E-state index in [0.29, 0.717) is 36.9 Å². The lowest BCUT2D eigenvalue weighted by Crippen LogP contribution is -2.64. The van der Waals surface area contributed by atoms with Crippen LogP contribution in [0.5, 0.6) is 11.5 Å². The molecule has 2 aliphatic heterocycles. The van der Waals surface area contributed by atoms with Crippen molar-refractivity contribution in [1.82, 2.24) is 21.1 Å². The van der Waals surface area contributed by atoms with E-state index in [0.717, 1.165) is 24.9 Å². The first-order chi connectivity index (χ1) is 16.3. The van der Waals surface area contributed by atoms with Crippen LogP contribution in [0.25, 0.3) is 0 Å². The van der Waals surface area contributed by atoms with Crippen molar-refractivity contribution in [2.24, 2.45) is 11.8 Å². The highest BCUT2D eigenvalue weighted by Gasteiger charge is 2.64. The van der Waals surface area contributed by atoms with Crippen molar-refractivity contribution in [2.45, 2.75) is 56.3 Å². The number of ether oxygens (including phenoxy) is 2. The summed E-state index contributed by atoms with van der Waals surface area (Å²) >= 11 is 0. The molecule has 0 saturated carbocycles. The molecule has 1 aromatic rings. The number of carbonyl (C=O) groups is 2. The van der Waals surface area contributed by atoms with Crippen molar-refractivity contribution < 1.29 is 24.2 Å². The second kappa shape index (κ2) is 11.1. The van der Waals surface area contributed by atoms with Crippen LogP contribution in [0, 0.1) is 11.8 Å². The third kappa shape index (κ3) is 4.67. The van der Waals surface area contributed by atoms with E-state index in [-0.39, 0.29) is 54.1 Å². The molecule has 2 amide bonds. The monoisotopic (exact) mass is 542 g/mol. The van der Waals surface area contributed by atoms with Crippen molar-refractivity contribution in [3.8, 4) is 11.5 Å². The van der Waals surface area contributed by atoms with Gasteiger partial charge in [-0.2, -0.15) is 0 Å². The number of rotatable bonds is 7. The minimum Gasteiger partial charge on any atom is -0.482 e. The molecular formula is C25H36Cl2N4O5. The molecule has 11 heteroatoms. The maximum atomic E-state index is 12.6. The fourth-order valence-corrected chi connectivity index (χ4v) is 6.47. The maximum absolute atomic E-state index is 12.6. The van der Waals surface area contributed by atoms with Gasteiger partial charge in [-0.3, -0.25) is 10.2 Å². The highest BCUT2D eigenvalue weighted by atomic mass is 35.5. The van der Waals surface area contributed by atoms with Crippen molar-refractivity contribution >= 4 is 36.8 Å². The smallest absolute Gasteiger partial charge is 0.412 e. The van der Waals surface area contributed by atoms with Crippen molar-refractivity contribution in [1.29, 1.82) is 0 Å². The Labute approximate surface area is 224 Å². The number of nitrogens with one attached hydrogen (secondary N) is 3. The summed E-state index contributed by atoms with van der Waals surface area (Å²) in [6.45, 7) is 3.31. The molecule has 1 aromatic carbocycles. The highest BCUT2D eigenvalue weighted by Crippen LogP contribution is 2.62. The summed E-state index contributed by atoms with van der Waals surface area (Å²) < 4.78 is 12.1. The summed E-state index contributed by atoms with van der Waals surface area (Å²) in [6.07, 6.45) is 5.25. The Morgan fingerprint density at radius 1 is 1.31 bits per heavy atom. The van der Waals surface area contributed by atoms with E-state index in [9.17, 15) is 14.7 Å². The number of carbonyl (C=O) groups excluding carboxylic acids is 2. The molecule has 0 radical (unpaired) electrons. The van der Waals surface area contributed by atoms with Gasteiger partial charge in [-0.15, -0.1) is 24.8 Å². The molecule has 2 aliphatic carbocycles. The number of likely N-dealkylation sites (N-methyl/N-ethyl adjacent to an activating group) is 1. The summed E-state index contributed by atoms with van der Waals surface area (Å²) in [5, 5.41) is 13.6. The Morgan fingerprint density at radius 3 is 2.83 bits per heavy atom. The fourth-order valence-electron chi connectivity index (χ4n) is 6.47. The lowest BCUT2D eigenvalue weighted by atomic mass is 9.53. The first kappa shape index (κ1) is 28.5. The third-order valence-corrected chi connectivity index (χ3v) is 8.04. The van der Waals surface area contributed by atoms with Crippen molar-refractivity contribution in [3.05, 3.63) is 35.4 Å². The van der Waals surface area contributed by atoms with Crippen LogP contribution in [0.4, 0.5) is 4.79 Å². The lowest BCUT2D eigenvalue weighted by molar-refractivity contribution is -0.122. The Balaban J connectivity index is 0.00000180. The minimum absolute atomic E-state index is 0. The van der Waals surface area contributed by atoms with Gasteiger partial charge in [0.2, 0.25) is 5.91 Å². The fraction of sp³-hybridized carbons (Fsp3) is 0.600. The van der Waals surface area contributed by atoms with Crippen LogP contribution in [-0.2, 0) is 16.6 Å². The SMILES string of the molecule is CNNC(=O)C[C@@H](C)CCNC(=O)Oc1ccc2c3c1O[C@H]1[C@@H](O)C=CC4C(C2)N(C)CC[C@@]341.Cl.Cl. The van der Waals surface area contributed by atoms with Gasteiger partial charge in [0.25, 0.3) is 0 Å². The molecule has 4 N–H and O–H groups in total. The number of benzene rings is 1. The number of hydrazine groups is 1. The first-order valence-electron chi connectivity index (χ1n) is 12.2. The van der Waals surface area contributed by atoms with Gasteiger partial charge in [-0.05, 0) is 50.4 Å². The molecule has 2 bridgehead atoms. The number of aliphatic hydroxyl groups is 1. The number of likely N-dealkylation sites (tertiary alicyclic amines) is 1. The maximum Gasteiger partial charge on any atom is 0.412 e. The van der Waals surface area contributed by atoms with Gasteiger partial charge in [0.1, 0.15) is 12.2 Å². The number of nitrogens with zero attached hydrogens (tertiary/aromatic N) is 1. The van der Waals surface area contributed by atoms with Gasteiger partial charge in [0.15, 0.2) is 11.5 Å². The van der Waals surface area contributed by atoms with Gasteiger partial charge in [0.05, 0.1) is 0 Å². The number of halogens is 2. The first-order valence-corrected chi connectivity index (χ1v) is 12.2. The number of hydrogen-bond acceptors (Lipinski definition) is 7. The van der Waals surface area contributed by atoms with Gasteiger partial charge < -0.3 is 24.8 Å². The van der Waals surface area contributed by atoms with Crippen molar-refractivity contribution in [3.63, 3.8) is 0 Å². The van der Waals surface area contributed by atoms with Crippen LogP contribution in [0.15, 0.2) is 24.3 Å². The van der Waals surface area contributed by atoms with E-state index < -0.39 is 12.2 Å². The lowest BCUT2D eigenvalue weighted by Gasteiger charge is -2.56. The highest BCUT2D eigenvalue weighted by molar-refractivity contribution is 5.85. The van der Waals surface area contributed by atoms with Gasteiger partial charge in [0, 0.05) is 43.0 Å². The Hall–Kier alpha value is -2.04. The Morgan fingerprint density at radius 2 is 2.08 bits per heavy atom. The quantitative estimate of drug-likeness (QED) is 0.308. The zero-order valence-electron chi connectivity index (χ0n) is 20.8. The third-order valence-electron chi connectivity index (χ3n) is 8.04. The molecule has 1 saturated heterocycles. The van der Waals surface area contributed by atoms with Crippen LogP contribution in [0.1, 0.15) is 37.3 Å². The molecule has 0 aromatic heterocycles. The predicted octanol–water partition coefficient (Wildman–Crippen LogP) is 2.09. The Kier molecular flexibility index (Phi) is 8.83. The molecule has 2 heterocycles. The molecule has 200 valence electrons. The topological polar surface area (TPSA) is 112 Å². The van der Waals surface area contributed by atoms with Gasteiger partial charge in [-0.25, -0.2) is 10.2 Å². The van der Waals surface area contributed by atoms with Crippen molar-refractivity contribution in [2.75, 3.05) is 27.2 Å². The standard InChI is InChI=1S/C25H34N4O5.2ClH/c1-14(12-20(31)28-26-2)8-10-27-24(32)33-19-7-4-15-13-17-16-5-6-18(30)23-25(16,9-11-29(17)3)21(15)22(19)34-23;;/h4-7,14,16-18,23,26,30H,8-13H2,1-3H3,(H,27,32)(H,28,31);2*1H/t14-,16?,17?,18-,23-,25-;;/m0../s1. The molecule has 36 heavy (non-hydrogen) atoms. The minimum atomic E-state index is -0.693. The van der Waals surface area contributed by atoms with Crippen LogP contribution in [-0.4, -0.2) is 67.4 Å². The predicted molar refractivity (Wildman–Crippen MR) is 140 cm³/mol. The zero-order valence-corrected chi connectivity index (χ0v) is 22.4. The summed E-state index contributed by atoms with van der Waals surface area (Å²) in [6, 6.07) is 4.22. The van der Waals surface area contributed by atoms with Crippen LogP contribution >= 0.6 is 24.8 Å². The average molecular weight is 543 g/mol.